The molecule has 1 amide bonds. The average molecular weight is 436 g/mol. The summed E-state index contributed by atoms with van der Waals surface area (Å²) >= 11 is 1.67. The van der Waals surface area contributed by atoms with Crippen molar-refractivity contribution < 1.29 is 14.3 Å². The first-order valence-corrected chi connectivity index (χ1v) is 11.1. The lowest BCUT2D eigenvalue weighted by atomic mass is 9.94. The second-order valence-electron chi connectivity index (χ2n) is 7.75. The van der Waals surface area contributed by atoms with Crippen LogP contribution in [0.2, 0.25) is 0 Å². The number of thioether (sulfide) groups is 1. The van der Waals surface area contributed by atoms with Crippen molar-refractivity contribution in [2.24, 2.45) is 0 Å². The second kappa shape index (κ2) is 9.41. The van der Waals surface area contributed by atoms with E-state index >= 15 is 0 Å². The molecule has 2 N–H and O–H groups in total. The SMILES string of the molecule is CC(C)(NCC(=O)Nc1cccc(CSc2ccccn2)c1)c1ccc2c(c1)OCO2. The summed E-state index contributed by atoms with van der Waals surface area (Å²) in [6.45, 7) is 4.50. The average Bonchev–Trinajstić information content (AvgIpc) is 3.25. The number of benzene rings is 2. The molecule has 4 rings (SSSR count). The number of carbonyl (C=O) groups excluding carboxylic acids is 1. The first-order valence-electron chi connectivity index (χ1n) is 10.1. The van der Waals surface area contributed by atoms with Gasteiger partial charge in [0.2, 0.25) is 12.7 Å². The van der Waals surface area contributed by atoms with E-state index < -0.39 is 5.54 Å². The Labute approximate surface area is 186 Å². The molecule has 2 aromatic carbocycles. The standard InChI is InChI=1S/C24H25N3O3S/c1-24(2,18-9-10-20-21(13-18)30-16-29-20)26-14-22(28)27-19-7-5-6-17(12-19)15-31-23-8-3-4-11-25-23/h3-13,26H,14-16H2,1-2H3,(H,27,28). The van der Waals surface area contributed by atoms with Crippen LogP contribution in [0.5, 0.6) is 11.5 Å². The Morgan fingerprint density at radius 2 is 1.94 bits per heavy atom. The van der Waals surface area contributed by atoms with E-state index in [1.807, 2.05) is 74.5 Å². The van der Waals surface area contributed by atoms with E-state index in [1.54, 1.807) is 18.0 Å². The normalized spacial score (nSPS) is 12.6. The molecule has 0 radical (unpaired) electrons. The van der Waals surface area contributed by atoms with Gasteiger partial charge < -0.3 is 14.8 Å². The largest absolute Gasteiger partial charge is 0.454 e. The van der Waals surface area contributed by atoms with Crippen molar-refractivity contribution in [3.8, 4) is 11.5 Å². The monoisotopic (exact) mass is 435 g/mol. The molecule has 31 heavy (non-hydrogen) atoms. The van der Waals surface area contributed by atoms with Gasteiger partial charge in [-0.25, -0.2) is 4.98 Å². The lowest BCUT2D eigenvalue weighted by Gasteiger charge is -2.27. The van der Waals surface area contributed by atoms with Gasteiger partial charge in [-0.05, 0) is 61.4 Å². The van der Waals surface area contributed by atoms with Crippen LogP contribution < -0.4 is 20.1 Å². The zero-order valence-electron chi connectivity index (χ0n) is 17.6. The van der Waals surface area contributed by atoms with E-state index in [1.165, 1.54) is 0 Å². The lowest BCUT2D eigenvalue weighted by molar-refractivity contribution is -0.115. The molecule has 2 heterocycles. The number of ether oxygens (including phenoxy) is 2. The maximum absolute atomic E-state index is 12.5. The highest BCUT2D eigenvalue weighted by molar-refractivity contribution is 7.98. The number of carbonyl (C=O) groups is 1. The highest BCUT2D eigenvalue weighted by Gasteiger charge is 2.24. The number of anilines is 1. The molecule has 0 atom stereocenters. The number of amides is 1. The maximum atomic E-state index is 12.5. The van der Waals surface area contributed by atoms with Gasteiger partial charge in [-0.3, -0.25) is 10.1 Å². The van der Waals surface area contributed by atoms with Crippen LogP contribution in [-0.2, 0) is 16.1 Å². The fraction of sp³-hybridized carbons (Fsp3) is 0.250. The van der Waals surface area contributed by atoms with Crippen molar-refractivity contribution in [3.63, 3.8) is 0 Å². The molecule has 3 aromatic rings. The molecule has 160 valence electrons. The molecule has 1 aliphatic heterocycles. The summed E-state index contributed by atoms with van der Waals surface area (Å²) in [5, 5.41) is 7.28. The number of hydrogen-bond donors (Lipinski definition) is 2. The van der Waals surface area contributed by atoms with E-state index in [0.29, 0.717) is 0 Å². The first kappa shape index (κ1) is 21.2. The molecule has 1 aromatic heterocycles. The third kappa shape index (κ3) is 5.57. The quantitative estimate of drug-likeness (QED) is 0.505. The van der Waals surface area contributed by atoms with Gasteiger partial charge in [0.25, 0.3) is 0 Å². The Balaban J connectivity index is 1.31. The van der Waals surface area contributed by atoms with Gasteiger partial charge in [0.05, 0.1) is 11.6 Å². The summed E-state index contributed by atoms with van der Waals surface area (Å²) in [6.07, 6.45) is 1.79. The molecular formula is C24H25N3O3S. The minimum absolute atomic E-state index is 0.0941. The zero-order chi connectivity index (χ0) is 21.7. The number of nitrogens with zero attached hydrogens (tertiary/aromatic N) is 1. The predicted octanol–water partition coefficient (Wildman–Crippen LogP) is 4.57. The van der Waals surface area contributed by atoms with Crippen molar-refractivity contribution in [1.29, 1.82) is 0 Å². The van der Waals surface area contributed by atoms with E-state index in [2.05, 4.69) is 15.6 Å². The fourth-order valence-corrected chi connectivity index (χ4v) is 4.03. The number of nitrogens with one attached hydrogen (secondary N) is 2. The fourth-order valence-electron chi connectivity index (χ4n) is 3.22. The first-order chi connectivity index (χ1) is 15.0. The highest BCUT2D eigenvalue weighted by Crippen LogP contribution is 2.35. The summed E-state index contributed by atoms with van der Waals surface area (Å²) in [5.74, 6) is 2.18. The van der Waals surface area contributed by atoms with Crippen LogP contribution in [-0.4, -0.2) is 24.2 Å². The second-order valence-corrected chi connectivity index (χ2v) is 8.75. The Kier molecular flexibility index (Phi) is 6.44. The molecule has 7 heteroatoms. The summed E-state index contributed by atoms with van der Waals surface area (Å²) in [7, 11) is 0. The van der Waals surface area contributed by atoms with E-state index in [-0.39, 0.29) is 19.2 Å². The van der Waals surface area contributed by atoms with Crippen LogP contribution in [0.3, 0.4) is 0 Å². The summed E-state index contributed by atoms with van der Waals surface area (Å²) in [4.78, 5) is 16.9. The van der Waals surface area contributed by atoms with Crippen LogP contribution in [0.4, 0.5) is 5.69 Å². The Hall–Kier alpha value is -3.03. The number of rotatable bonds is 8. The molecule has 0 fully saturated rings. The summed E-state index contributed by atoms with van der Waals surface area (Å²) in [6, 6.07) is 19.6. The number of fused-ring (bicyclic) bond motifs is 1. The molecule has 1 aliphatic rings. The van der Waals surface area contributed by atoms with Crippen LogP contribution in [0.25, 0.3) is 0 Å². The van der Waals surface area contributed by atoms with E-state index in [9.17, 15) is 4.79 Å². The number of hydrogen-bond acceptors (Lipinski definition) is 6. The third-order valence-corrected chi connectivity index (χ3v) is 6.04. The third-order valence-electron chi connectivity index (χ3n) is 5.02. The van der Waals surface area contributed by atoms with Crippen molar-refractivity contribution >= 4 is 23.4 Å². The van der Waals surface area contributed by atoms with Gasteiger partial charge in [0.15, 0.2) is 11.5 Å². The summed E-state index contributed by atoms with van der Waals surface area (Å²) in [5.41, 5.74) is 2.53. The van der Waals surface area contributed by atoms with Crippen LogP contribution in [0.1, 0.15) is 25.0 Å². The molecule has 0 saturated carbocycles. The van der Waals surface area contributed by atoms with Crippen LogP contribution in [0.15, 0.2) is 71.9 Å². The Morgan fingerprint density at radius 3 is 2.77 bits per heavy atom. The van der Waals surface area contributed by atoms with Crippen molar-refractivity contribution in [2.75, 3.05) is 18.7 Å². The molecule has 6 nitrogen and oxygen atoms in total. The Bertz CT molecular complexity index is 1060. The smallest absolute Gasteiger partial charge is 0.238 e. The number of pyridine rings is 1. The van der Waals surface area contributed by atoms with Crippen LogP contribution in [0, 0.1) is 0 Å². The van der Waals surface area contributed by atoms with Crippen molar-refractivity contribution in [2.45, 2.75) is 30.2 Å². The van der Waals surface area contributed by atoms with Gasteiger partial charge in [-0.2, -0.15) is 0 Å². The molecule has 0 spiro atoms. The topological polar surface area (TPSA) is 72.5 Å². The molecule has 0 bridgehead atoms. The van der Waals surface area contributed by atoms with Gasteiger partial charge in [-0.1, -0.05) is 24.3 Å². The van der Waals surface area contributed by atoms with Gasteiger partial charge in [0, 0.05) is 23.2 Å². The van der Waals surface area contributed by atoms with E-state index in [0.717, 1.165) is 39.1 Å². The van der Waals surface area contributed by atoms with E-state index in [4.69, 9.17) is 9.47 Å². The predicted molar refractivity (Wildman–Crippen MR) is 122 cm³/mol. The minimum atomic E-state index is -0.403. The van der Waals surface area contributed by atoms with Gasteiger partial charge >= 0.3 is 0 Å². The number of aromatic nitrogens is 1. The van der Waals surface area contributed by atoms with Gasteiger partial charge in [0.1, 0.15) is 0 Å². The molecule has 0 saturated heterocycles. The maximum Gasteiger partial charge on any atom is 0.238 e. The lowest BCUT2D eigenvalue weighted by Crippen LogP contribution is -2.41. The van der Waals surface area contributed by atoms with Crippen molar-refractivity contribution in [3.05, 3.63) is 78.0 Å². The molecule has 0 aliphatic carbocycles. The van der Waals surface area contributed by atoms with Gasteiger partial charge in [-0.15, -0.1) is 11.8 Å². The van der Waals surface area contributed by atoms with Crippen molar-refractivity contribution in [1.82, 2.24) is 10.3 Å². The minimum Gasteiger partial charge on any atom is -0.454 e. The molecular weight excluding hydrogens is 410 g/mol. The highest BCUT2D eigenvalue weighted by atomic mass is 32.2. The van der Waals surface area contributed by atoms with Crippen LogP contribution >= 0.6 is 11.8 Å². The summed E-state index contributed by atoms with van der Waals surface area (Å²) < 4.78 is 10.8. The zero-order valence-corrected chi connectivity index (χ0v) is 18.4. The Morgan fingerprint density at radius 1 is 1.06 bits per heavy atom. The molecule has 0 unspecified atom stereocenters.